The number of aromatic nitrogens is 2. The first-order valence-electron chi connectivity index (χ1n) is 8.32. The monoisotopic (exact) mass is 321 g/mol. The van der Waals surface area contributed by atoms with Crippen molar-refractivity contribution in [2.45, 2.75) is 59.2 Å². The Morgan fingerprint density at radius 2 is 2.04 bits per heavy atom. The molecule has 1 aliphatic rings. The lowest BCUT2D eigenvalue weighted by Crippen LogP contribution is -2.48. The molecule has 2 heterocycles. The molecule has 23 heavy (non-hydrogen) atoms. The molecule has 1 aromatic heterocycles. The summed E-state index contributed by atoms with van der Waals surface area (Å²) in [4.78, 5) is 28.2. The fraction of sp³-hybridized carbons (Fsp3) is 0.688. The predicted octanol–water partition coefficient (Wildman–Crippen LogP) is 1.18. The van der Waals surface area contributed by atoms with Crippen LogP contribution in [0.4, 0.5) is 4.79 Å². The van der Waals surface area contributed by atoms with E-state index in [1.54, 1.807) is 6.92 Å². The molecule has 0 aliphatic carbocycles. The molecule has 0 aromatic carbocycles. The third-order valence-electron chi connectivity index (χ3n) is 3.81. The fourth-order valence-corrected chi connectivity index (χ4v) is 2.50. The number of hydrogen-bond donors (Lipinski definition) is 3. The summed E-state index contributed by atoms with van der Waals surface area (Å²) in [5.74, 6) is 1.30. The molecule has 128 valence electrons. The van der Waals surface area contributed by atoms with Crippen LogP contribution in [0.15, 0.2) is 6.20 Å². The summed E-state index contributed by atoms with van der Waals surface area (Å²) in [6.07, 6.45) is 5.35. The summed E-state index contributed by atoms with van der Waals surface area (Å²) in [5, 5.41) is 8.19. The zero-order chi connectivity index (χ0) is 16.8. The molecule has 1 atom stereocenters. The van der Waals surface area contributed by atoms with Gasteiger partial charge in [-0.25, -0.2) is 9.78 Å². The topological polar surface area (TPSA) is 88.0 Å². The number of urea groups is 1. The van der Waals surface area contributed by atoms with Crippen molar-refractivity contribution in [1.82, 2.24) is 25.5 Å². The molecule has 0 spiro atoms. The maximum atomic E-state index is 11.9. The Hall–Kier alpha value is -2.05. The number of imidazole rings is 1. The second kappa shape index (κ2) is 7.99. The Kier molecular flexibility index (Phi) is 6.01. The van der Waals surface area contributed by atoms with Crippen LogP contribution in [0.5, 0.6) is 0 Å². The first kappa shape index (κ1) is 17.3. The standard InChI is InChI=1S/C16H27N5O2/c1-11(2)8-17-15(22)12(3)19-16(23)18-9-13-10-21-7-5-4-6-14(21)20-13/h10-12H,4-9H2,1-3H3,(H,17,22)(H2,18,19,23). The zero-order valence-electron chi connectivity index (χ0n) is 14.2. The van der Waals surface area contributed by atoms with Crippen LogP contribution in [-0.2, 0) is 24.3 Å². The van der Waals surface area contributed by atoms with Gasteiger partial charge >= 0.3 is 6.03 Å². The van der Waals surface area contributed by atoms with Gasteiger partial charge in [-0.05, 0) is 25.7 Å². The van der Waals surface area contributed by atoms with Crippen molar-refractivity contribution < 1.29 is 9.59 Å². The SMILES string of the molecule is CC(C)CNC(=O)C(C)NC(=O)NCc1cn2c(n1)CCCC2. The smallest absolute Gasteiger partial charge is 0.315 e. The molecular weight excluding hydrogens is 294 g/mol. The molecule has 2 rings (SSSR count). The van der Waals surface area contributed by atoms with E-state index in [9.17, 15) is 9.59 Å². The maximum absolute atomic E-state index is 11.9. The van der Waals surface area contributed by atoms with E-state index < -0.39 is 6.04 Å². The van der Waals surface area contributed by atoms with E-state index in [1.807, 2.05) is 20.0 Å². The van der Waals surface area contributed by atoms with E-state index in [-0.39, 0.29) is 11.9 Å². The summed E-state index contributed by atoms with van der Waals surface area (Å²) in [7, 11) is 0. The highest BCUT2D eigenvalue weighted by Crippen LogP contribution is 2.14. The van der Waals surface area contributed by atoms with Gasteiger partial charge < -0.3 is 20.5 Å². The number of fused-ring (bicyclic) bond motifs is 1. The van der Waals surface area contributed by atoms with E-state index in [1.165, 1.54) is 12.8 Å². The number of amides is 3. The van der Waals surface area contributed by atoms with Crippen LogP contribution in [-0.4, -0.2) is 34.1 Å². The van der Waals surface area contributed by atoms with Gasteiger partial charge in [0.15, 0.2) is 0 Å². The molecule has 1 aromatic rings. The van der Waals surface area contributed by atoms with E-state index in [0.29, 0.717) is 19.0 Å². The summed E-state index contributed by atoms with van der Waals surface area (Å²) >= 11 is 0. The first-order valence-corrected chi connectivity index (χ1v) is 8.32. The van der Waals surface area contributed by atoms with Gasteiger partial charge in [0.05, 0.1) is 12.2 Å². The maximum Gasteiger partial charge on any atom is 0.315 e. The van der Waals surface area contributed by atoms with Gasteiger partial charge in [-0.2, -0.15) is 0 Å². The average Bonchev–Trinajstić information content (AvgIpc) is 2.93. The summed E-state index contributed by atoms with van der Waals surface area (Å²) in [6, 6.07) is -0.924. The number of rotatable bonds is 6. The van der Waals surface area contributed by atoms with Crippen molar-refractivity contribution in [3.05, 3.63) is 17.7 Å². The Balaban J connectivity index is 1.74. The molecule has 1 aliphatic heterocycles. The fourth-order valence-electron chi connectivity index (χ4n) is 2.50. The highest BCUT2D eigenvalue weighted by atomic mass is 16.2. The van der Waals surface area contributed by atoms with Gasteiger partial charge in [-0.1, -0.05) is 13.8 Å². The molecule has 3 N–H and O–H groups in total. The minimum Gasteiger partial charge on any atom is -0.354 e. The largest absolute Gasteiger partial charge is 0.354 e. The molecular formula is C16H27N5O2. The third-order valence-corrected chi connectivity index (χ3v) is 3.81. The molecule has 7 heteroatoms. The van der Waals surface area contributed by atoms with Crippen molar-refractivity contribution in [1.29, 1.82) is 0 Å². The number of nitrogens with zero attached hydrogens (tertiary/aromatic N) is 2. The molecule has 0 saturated carbocycles. The number of aryl methyl sites for hydroxylation is 2. The normalized spacial score (nSPS) is 15.0. The van der Waals surface area contributed by atoms with Crippen molar-refractivity contribution in [3.8, 4) is 0 Å². The van der Waals surface area contributed by atoms with Crippen molar-refractivity contribution in [2.75, 3.05) is 6.54 Å². The Morgan fingerprint density at radius 3 is 2.74 bits per heavy atom. The lowest BCUT2D eigenvalue weighted by molar-refractivity contribution is -0.122. The van der Waals surface area contributed by atoms with E-state index in [4.69, 9.17) is 0 Å². The Bertz CT molecular complexity index is 529. The second-order valence-electron chi connectivity index (χ2n) is 6.49. The lowest BCUT2D eigenvalue weighted by Gasteiger charge is -2.15. The van der Waals surface area contributed by atoms with E-state index in [2.05, 4.69) is 25.5 Å². The van der Waals surface area contributed by atoms with Crippen molar-refractivity contribution in [2.24, 2.45) is 5.92 Å². The van der Waals surface area contributed by atoms with Crippen LogP contribution in [0.1, 0.15) is 45.1 Å². The second-order valence-corrected chi connectivity index (χ2v) is 6.49. The van der Waals surface area contributed by atoms with Crippen LogP contribution in [0.3, 0.4) is 0 Å². The Labute approximate surface area is 137 Å². The highest BCUT2D eigenvalue weighted by molar-refractivity contribution is 5.86. The van der Waals surface area contributed by atoms with Gasteiger partial charge in [-0.15, -0.1) is 0 Å². The number of carbonyl (C=O) groups excluding carboxylic acids is 2. The van der Waals surface area contributed by atoms with E-state index >= 15 is 0 Å². The van der Waals surface area contributed by atoms with Gasteiger partial charge in [0, 0.05) is 25.7 Å². The number of carbonyl (C=O) groups is 2. The lowest BCUT2D eigenvalue weighted by atomic mass is 10.2. The first-order chi connectivity index (χ1) is 11.0. The van der Waals surface area contributed by atoms with E-state index in [0.717, 1.165) is 24.5 Å². The van der Waals surface area contributed by atoms with Gasteiger partial charge in [0.1, 0.15) is 11.9 Å². The van der Waals surface area contributed by atoms with Gasteiger partial charge in [0.25, 0.3) is 0 Å². The summed E-state index contributed by atoms with van der Waals surface area (Å²) < 4.78 is 2.15. The molecule has 0 bridgehead atoms. The zero-order valence-corrected chi connectivity index (χ0v) is 14.2. The van der Waals surface area contributed by atoms with Crippen LogP contribution >= 0.6 is 0 Å². The van der Waals surface area contributed by atoms with Gasteiger partial charge in [0.2, 0.25) is 5.91 Å². The van der Waals surface area contributed by atoms with Crippen LogP contribution in [0, 0.1) is 5.92 Å². The predicted molar refractivity (Wildman–Crippen MR) is 87.8 cm³/mol. The number of hydrogen-bond acceptors (Lipinski definition) is 3. The average molecular weight is 321 g/mol. The molecule has 0 fully saturated rings. The summed E-state index contributed by atoms with van der Waals surface area (Å²) in [6.45, 7) is 7.69. The van der Waals surface area contributed by atoms with Crippen LogP contribution in [0.25, 0.3) is 0 Å². The van der Waals surface area contributed by atoms with Crippen LogP contribution < -0.4 is 16.0 Å². The molecule has 7 nitrogen and oxygen atoms in total. The Morgan fingerprint density at radius 1 is 1.26 bits per heavy atom. The summed E-state index contributed by atoms with van der Waals surface area (Å²) in [5.41, 5.74) is 0.856. The van der Waals surface area contributed by atoms with Gasteiger partial charge in [-0.3, -0.25) is 4.79 Å². The molecule has 3 amide bonds. The van der Waals surface area contributed by atoms with Crippen LogP contribution in [0.2, 0.25) is 0 Å². The minimum absolute atomic E-state index is 0.175. The third kappa shape index (κ3) is 5.26. The quantitative estimate of drug-likeness (QED) is 0.735. The highest BCUT2D eigenvalue weighted by Gasteiger charge is 2.16. The molecule has 0 saturated heterocycles. The molecule has 0 radical (unpaired) electrons. The number of nitrogens with one attached hydrogen (secondary N) is 3. The van der Waals surface area contributed by atoms with Crippen molar-refractivity contribution >= 4 is 11.9 Å². The minimum atomic E-state index is -0.566. The van der Waals surface area contributed by atoms with Crippen molar-refractivity contribution in [3.63, 3.8) is 0 Å². The molecule has 1 unspecified atom stereocenters.